The summed E-state index contributed by atoms with van der Waals surface area (Å²) in [5.41, 5.74) is 0.387. The van der Waals surface area contributed by atoms with E-state index >= 15 is 0 Å². The van der Waals surface area contributed by atoms with E-state index in [4.69, 9.17) is 11.6 Å². The maximum atomic E-state index is 13.2. The number of nitrogens with one attached hydrogen (secondary N) is 1. The average Bonchev–Trinajstić information content (AvgIpc) is 2.57. The Kier molecular flexibility index (Phi) is 6.35. The van der Waals surface area contributed by atoms with E-state index in [9.17, 15) is 22.7 Å². The Bertz CT molecular complexity index is 919. The van der Waals surface area contributed by atoms with Crippen LogP contribution in [0.4, 0.5) is 10.1 Å². The minimum Gasteiger partial charge on any atom is -0.392 e. The van der Waals surface area contributed by atoms with E-state index < -0.39 is 27.9 Å². The van der Waals surface area contributed by atoms with Gasteiger partial charge in [-0.05, 0) is 43.3 Å². The van der Waals surface area contributed by atoms with E-state index in [0.29, 0.717) is 0 Å². The molecule has 2 rings (SSSR count). The van der Waals surface area contributed by atoms with Crippen LogP contribution in [0.3, 0.4) is 0 Å². The van der Waals surface area contributed by atoms with Crippen molar-refractivity contribution in [2.75, 3.05) is 18.9 Å². The van der Waals surface area contributed by atoms with Gasteiger partial charge in [0.15, 0.2) is 0 Å². The van der Waals surface area contributed by atoms with E-state index in [1.54, 1.807) is 0 Å². The zero-order valence-corrected chi connectivity index (χ0v) is 15.7. The van der Waals surface area contributed by atoms with Gasteiger partial charge in [-0.2, -0.15) is 4.31 Å². The zero-order chi connectivity index (χ0) is 19.5. The number of anilines is 1. The molecule has 0 saturated carbocycles. The number of aliphatic hydroxyl groups excluding tert-OH is 1. The first-order chi connectivity index (χ1) is 12.1. The summed E-state index contributed by atoms with van der Waals surface area (Å²) in [5.74, 6) is -1.18. The van der Waals surface area contributed by atoms with Gasteiger partial charge < -0.3 is 10.4 Å². The zero-order valence-electron chi connectivity index (χ0n) is 14.1. The fourth-order valence-electron chi connectivity index (χ4n) is 2.23. The minimum atomic E-state index is -3.85. The number of sulfonamides is 1. The Labute approximate surface area is 156 Å². The second-order valence-electron chi connectivity index (χ2n) is 5.75. The van der Waals surface area contributed by atoms with Gasteiger partial charge in [0.2, 0.25) is 10.0 Å². The number of carbonyl (C=O) groups excluding carboxylic acids is 1. The number of hydrogen-bond acceptors (Lipinski definition) is 4. The highest BCUT2D eigenvalue weighted by Gasteiger charge is 2.23. The monoisotopic (exact) mass is 400 g/mol. The van der Waals surface area contributed by atoms with Crippen molar-refractivity contribution in [1.82, 2.24) is 4.31 Å². The smallest absolute Gasteiger partial charge is 0.255 e. The summed E-state index contributed by atoms with van der Waals surface area (Å²) in [7, 11) is -2.51. The Morgan fingerprint density at radius 1 is 1.31 bits per heavy atom. The number of benzene rings is 2. The molecule has 0 bridgehead atoms. The van der Waals surface area contributed by atoms with E-state index in [-0.39, 0.29) is 27.7 Å². The number of likely N-dealkylation sites (N-methyl/N-ethyl adjacent to an activating group) is 1. The molecule has 0 aromatic heterocycles. The number of rotatable bonds is 6. The molecule has 2 N–H and O–H groups in total. The van der Waals surface area contributed by atoms with Gasteiger partial charge in [0.1, 0.15) is 5.82 Å². The molecule has 0 spiro atoms. The van der Waals surface area contributed by atoms with E-state index in [2.05, 4.69) is 5.32 Å². The molecule has 6 nitrogen and oxygen atoms in total. The molecule has 0 saturated heterocycles. The Hall–Kier alpha value is -2.00. The molecule has 0 aliphatic carbocycles. The first-order valence-electron chi connectivity index (χ1n) is 7.62. The molecule has 0 aliphatic rings. The summed E-state index contributed by atoms with van der Waals surface area (Å²) < 4.78 is 39.2. The summed E-state index contributed by atoms with van der Waals surface area (Å²) in [5, 5.41) is 11.8. The summed E-state index contributed by atoms with van der Waals surface area (Å²) in [4.78, 5) is 12.3. The number of aliphatic hydroxyl groups is 1. The normalized spacial score (nSPS) is 12.8. The van der Waals surface area contributed by atoms with Crippen LogP contribution < -0.4 is 5.32 Å². The molecule has 9 heteroatoms. The topological polar surface area (TPSA) is 86.7 Å². The largest absolute Gasteiger partial charge is 0.392 e. The fourth-order valence-corrected chi connectivity index (χ4v) is 3.70. The quantitative estimate of drug-likeness (QED) is 0.780. The van der Waals surface area contributed by atoms with Crippen LogP contribution in [0, 0.1) is 5.82 Å². The number of nitrogens with zero attached hydrogens (tertiary/aromatic N) is 1. The highest BCUT2D eigenvalue weighted by molar-refractivity contribution is 7.89. The summed E-state index contributed by atoms with van der Waals surface area (Å²) in [6.45, 7) is 1.40. The second kappa shape index (κ2) is 8.13. The number of hydrogen-bond donors (Lipinski definition) is 2. The third kappa shape index (κ3) is 4.79. The van der Waals surface area contributed by atoms with Gasteiger partial charge >= 0.3 is 0 Å². The van der Waals surface area contributed by atoms with Crippen LogP contribution >= 0.6 is 11.6 Å². The lowest BCUT2D eigenvalue weighted by Crippen LogP contribution is -2.33. The third-order valence-electron chi connectivity index (χ3n) is 3.50. The van der Waals surface area contributed by atoms with Crippen molar-refractivity contribution in [2.24, 2.45) is 0 Å². The van der Waals surface area contributed by atoms with Crippen molar-refractivity contribution in [3.05, 3.63) is 58.9 Å². The Balaban J connectivity index is 2.25. The van der Waals surface area contributed by atoms with Crippen LogP contribution in [0.15, 0.2) is 47.4 Å². The van der Waals surface area contributed by atoms with Gasteiger partial charge in [0.05, 0.1) is 16.0 Å². The fraction of sp³-hybridized carbons (Fsp3) is 0.235. The molecule has 2 aromatic carbocycles. The molecule has 0 heterocycles. The molecular formula is C17H18ClFN2O4S. The maximum absolute atomic E-state index is 13.2. The Morgan fingerprint density at radius 3 is 2.62 bits per heavy atom. The lowest BCUT2D eigenvalue weighted by molar-refractivity contribution is 0.102. The van der Waals surface area contributed by atoms with Crippen molar-refractivity contribution in [2.45, 2.75) is 17.9 Å². The van der Waals surface area contributed by atoms with E-state index in [1.807, 2.05) is 0 Å². The van der Waals surface area contributed by atoms with Crippen molar-refractivity contribution in [3.8, 4) is 0 Å². The second-order valence-corrected chi connectivity index (χ2v) is 8.20. The van der Waals surface area contributed by atoms with Crippen LogP contribution in [0.2, 0.25) is 5.02 Å². The van der Waals surface area contributed by atoms with Gasteiger partial charge in [0.25, 0.3) is 5.91 Å². The lowest BCUT2D eigenvalue weighted by Gasteiger charge is -2.19. The molecule has 2 aromatic rings. The lowest BCUT2D eigenvalue weighted by atomic mass is 10.2. The van der Waals surface area contributed by atoms with Crippen LogP contribution in [-0.4, -0.2) is 43.4 Å². The molecule has 26 heavy (non-hydrogen) atoms. The van der Waals surface area contributed by atoms with Crippen molar-refractivity contribution >= 4 is 33.2 Å². The Morgan fingerprint density at radius 2 is 2.00 bits per heavy atom. The van der Waals surface area contributed by atoms with Crippen LogP contribution in [0.1, 0.15) is 17.3 Å². The summed E-state index contributed by atoms with van der Waals surface area (Å²) >= 11 is 5.67. The SMILES string of the molecule is CC(O)CN(C)S(=O)(=O)c1cccc(C(=O)Nc2ccc(F)c(Cl)c2)c1. The standard InChI is InChI=1S/C17H18ClFN2O4S/c1-11(22)10-21(2)26(24,25)14-5-3-4-12(8-14)17(23)20-13-6-7-16(19)15(18)9-13/h3-9,11,22H,10H2,1-2H3,(H,20,23). The predicted octanol–water partition coefficient (Wildman–Crippen LogP) is 2.73. The van der Waals surface area contributed by atoms with Gasteiger partial charge in [-0.15, -0.1) is 0 Å². The third-order valence-corrected chi connectivity index (χ3v) is 5.61. The first kappa shape index (κ1) is 20.3. The molecule has 0 fully saturated rings. The number of halogens is 2. The van der Waals surface area contributed by atoms with Gasteiger partial charge in [-0.25, -0.2) is 12.8 Å². The molecule has 0 aliphatic heterocycles. The molecule has 1 atom stereocenters. The number of carbonyl (C=O) groups is 1. The summed E-state index contributed by atoms with van der Waals surface area (Å²) in [6.07, 6.45) is -0.829. The van der Waals surface area contributed by atoms with Crippen molar-refractivity contribution in [3.63, 3.8) is 0 Å². The van der Waals surface area contributed by atoms with Crippen LogP contribution in [-0.2, 0) is 10.0 Å². The van der Waals surface area contributed by atoms with E-state index in [1.165, 1.54) is 50.4 Å². The van der Waals surface area contributed by atoms with E-state index in [0.717, 1.165) is 10.4 Å². The number of amides is 1. The highest BCUT2D eigenvalue weighted by Crippen LogP contribution is 2.21. The maximum Gasteiger partial charge on any atom is 0.255 e. The van der Waals surface area contributed by atoms with Crippen molar-refractivity contribution in [1.29, 1.82) is 0 Å². The van der Waals surface area contributed by atoms with Crippen molar-refractivity contribution < 1.29 is 22.7 Å². The minimum absolute atomic E-state index is 0.0766. The van der Waals surface area contributed by atoms with Crippen LogP contribution in [0.25, 0.3) is 0 Å². The molecule has 140 valence electrons. The molecule has 0 radical (unpaired) electrons. The van der Waals surface area contributed by atoms with Gasteiger partial charge in [0, 0.05) is 24.8 Å². The van der Waals surface area contributed by atoms with Gasteiger partial charge in [-0.3, -0.25) is 4.79 Å². The molecule has 1 unspecified atom stereocenters. The molecule has 1 amide bonds. The highest BCUT2D eigenvalue weighted by atomic mass is 35.5. The van der Waals surface area contributed by atoms with Gasteiger partial charge in [-0.1, -0.05) is 17.7 Å². The summed E-state index contributed by atoms with van der Waals surface area (Å²) in [6, 6.07) is 9.20. The van der Waals surface area contributed by atoms with Crippen LogP contribution in [0.5, 0.6) is 0 Å². The first-order valence-corrected chi connectivity index (χ1v) is 9.44. The average molecular weight is 401 g/mol. The predicted molar refractivity (Wildman–Crippen MR) is 97.3 cm³/mol. The molecular weight excluding hydrogens is 383 g/mol.